The van der Waals surface area contributed by atoms with E-state index in [0.29, 0.717) is 22.6 Å². The number of carbonyl (C=O) groups excluding carboxylic acids is 3. The first-order chi connectivity index (χ1) is 12.5. The molecule has 0 aliphatic heterocycles. The van der Waals surface area contributed by atoms with E-state index in [-0.39, 0.29) is 24.9 Å². The monoisotopic (exact) mass is 356 g/mol. The molecule has 0 aromatic heterocycles. The van der Waals surface area contributed by atoms with Gasteiger partial charge in [0.2, 0.25) is 0 Å². The Hall–Kier alpha value is -3.35. The largest absolute Gasteiger partial charge is 0.497 e. The number of nitrogens with one attached hydrogen (secondary N) is 2. The smallest absolute Gasteiger partial charge is 0.308 e. The maximum absolute atomic E-state index is 12.1. The van der Waals surface area contributed by atoms with Gasteiger partial charge >= 0.3 is 5.97 Å². The normalized spacial score (nSPS) is 9.92. The second-order valence-electron chi connectivity index (χ2n) is 5.37. The molecule has 0 atom stereocenters. The summed E-state index contributed by atoms with van der Waals surface area (Å²) < 4.78 is 10.0. The standard InChI is InChI=1S/C19H20N2O5/c1-13(22)26-17-8-4-6-15(12-17)19(24)21-10-9-20-18(23)14-5-3-7-16(11-14)25-2/h3-8,11-12H,9-10H2,1-2H3,(H,20,23)(H,21,24). The molecule has 136 valence electrons. The van der Waals surface area contributed by atoms with E-state index >= 15 is 0 Å². The van der Waals surface area contributed by atoms with E-state index in [0.717, 1.165) is 0 Å². The molecule has 7 heteroatoms. The van der Waals surface area contributed by atoms with Gasteiger partial charge in [0.25, 0.3) is 11.8 Å². The zero-order valence-electron chi connectivity index (χ0n) is 14.6. The lowest BCUT2D eigenvalue weighted by atomic mass is 10.2. The molecule has 0 fully saturated rings. The van der Waals surface area contributed by atoms with Crippen LogP contribution >= 0.6 is 0 Å². The van der Waals surface area contributed by atoms with Gasteiger partial charge < -0.3 is 20.1 Å². The average molecular weight is 356 g/mol. The van der Waals surface area contributed by atoms with Gasteiger partial charge in [-0.1, -0.05) is 12.1 Å². The molecule has 0 radical (unpaired) electrons. The molecule has 2 aromatic carbocycles. The van der Waals surface area contributed by atoms with Crippen molar-refractivity contribution in [2.24, 2.45) is 0 Å². The number of methoxy groups -OCH3 is 1. The lowest BCUT2D eigenvalue weighted by Crippen LogP contribution is -2.34. The van der Waals surface area contributed by atoms with Crippen molar-refractivity contribution in [2.75, 3.05) is 20.2 Å². The molecule has 2 amide bonds. The topological polar surface area (TPSA) is 93.7 Å². The number of esters is 1. The van der Waals surface area contributed by atoms with Crippen molar-refractivity contribution in [1.82, 2.24) is 10.6 Å². The molecule has 26 heavy (non-hydrogen) atoms. The van der Waals surface area contributed by atoms with Crippen LogP contribution in [0.25, 0.3) is 0 Å². The summed E-state index contributed by atoms with van der Waals surface area (Å²) >= 11 is 0. The average Bonchev–Trinajstić information content (AvgIpc) is 2.64. The van der Waals surface area contributed by atoms with Crippen molar-refractivity contribution < 1.29 is 23.9 Å². The Labute approximate surface area is 151 Å². The van der Waals surface area contributed by atoms with Crippen molar-refractivity contribution in [3.05, 3.63) is 59.7 Å². The van der Waals surface area contributed by atoms with Crippen LogP contribution in [0.5, 0.6) is 11.5 Å². The first kappa shape index (κ1) is 19.0. The van der Waals surface area contributed by atoms with Crippen LogP contribution in [0.2, 0.25) is 0 Å². The summed E-state index contributed by atoms with van der Waals surface area (Å²) in [5.74, 6) is -0.137. The molecule has 2 aromatic rings. The van der Waals surface area contributed by atoms with Gasteiger partial charge in [0.1, 0.15) is 11.5 Å². The zero-order chi connectivity index (χ0) is 18.9. The summed E-state index contributed by atoms with van der Waals surface area (Å²) in [7, 11) is 1.53. The SMILES string of the molecule is COc1cccc(C(=O)NCCNC(=O)c2cccc(OC(C)=O)c2)c1. The van der Waals surface area contributed by atoms with Crippen LogP contribution in [0.15, 0.2) is 48.5 Å². The Balaban J connectivity index is 1.81. The molecule has 0 aliphatic rings. The van der Waals surface area contributed by atoms with Gasteiger partial charge in [-0.25, -0.2) is 0 Å². The second kappa shape index (κ2) is 9.22. The van der Waals surface area contributed by atoms with Crippen LogP contribution in [0.3, 0.4) is 0 Å². The minimum atomic E-state index is -0.456. The molecule has 7 nitrogen and oxygen atoms in total. The molecule has 0 bridgehead atoms. The molecule has 2 rings (SSSR count). The third kappa shape index (κ3) is 5.62. The van der Waals surface area contributed by atoms with Gasteiger partial charge in [-0.3, -0.25) is 14.4 Å². The molecule has 2 N–H and O–H groups in total. The third-order valence-corrected chi connectivity index (χ3v) is 3.39. The lowest BCUT2D eigenvalue weighted by Gasteiger charge is -2.09. The summed E-state index contributed by atoms with van der Waals surface area (Å²) in [5.41, 5.74) is 0.840. The first-order valence-corrected chi connectivity index (χ1v) is 7.98. The maximum atomic E-state index is 12.1. The summed E-state index contributed by atoms with van der Waals surface area (Å²) in [6, 6.07) is 13.1. The fourth-order valence-corrected chi connectivity index (χ4v) is 2.19. The van der Waals surface area contributed by atoms with Crippen LogP contribution in [0, 0.1) is 0 Å². The van der Waals surface area contributed by atoms with E-state index in [1.807, 2.05) is 0 Å². The minimum absolute atomic E-state index is 0.255. The van der Waals surface area contributed by atoms with Crippen LogP contribution in [0.4, 0.5) is 0 Å². The second-order valence-corrected chi connectivity index (χ2v) is 5.37. The fourth-order valence-electron chi connectivity index (χ4n) is 2.19. The van der Waals surface area contributed by atoms with Crippen LogP contribution < -0.4 is 20.1 Å². The highest BCUT2D eigenvalue weighted by Crippen LogP contribution is 2.13. The minimum Gasteiger partial charge on any atom is -0.497 e. The van der Waals surface area contributed by atoms with Gasteiger partial charge in [0.05, 0.1) is 7.11 Å². The van der Waals surface area contributed by atoms with Crippen molar-refractivity contribution >= 4 is 17.8 Å². The Bertz CT molecular complexity index is 804. The van der Waals surface area contributed by atoms with E-state index in [9.17, 15) is 14.4 Å². The molecule has 0 spiro atoms. The van der Waals surface area contributed by atoms with Crippen molar-refractivity contribution in [3.8, 4) is 11.5 Å². The van der Waals surface area contributed by atoms with Gasteiger partial charge in [-0.05, 0) is 36.4 Å². The third-order valence-electron chi connectivity index (χ3n) is 3.39. The van der Waals surface area contributed by atoms with Gasteiger partial charge in [0.15, 0.2) is 0 Å². The quantitative estimate of drug-likeness (QED) is 0.448. The fraction of sp³-hybridized carbons (Fsp3) is 0.211. The molecular formula is C19H20N2O5. The number of ether oxygens (including phenoxy) is 2. The van der Waals surface area contributed by atoms with Gasteiger partial charge in [-0.2, -0.15) is 0 Å². The van der Waals surface area contributed by atoms with Crippen molar-refractivity contribution in [2.45, 2.75) is 6.92 Å². The molecule has 0 unspecified atom stereocenters. The van der Waals surface area contributed by atoms with Gasteiger partial charge in [-0.15, -0.1) is 0 Å². The summed E-state index contributed by atoms with van der Waals surface area (Å²) in [6.45, 7) is 1.81. The maximum Gasteiger partial charge on any atom is 0.308 e. The first-order valence-electron chi connectivity index (χ1n) is 7.98. The Morgan fingerprint density at radius 2 is 1.35 bits per heavy atom. The Kier molecular flexibility index (Phi) is 6.73. The van der Waals surface area contributed by atoms with E-state index in [2.05, 4.69) is 10.6 Å². The van der Waals surface area contributed by atoms with E-state index in [1.165, 1.54) is 20.1 Å². The number of hydrogen-bond donors (Lipinski definition) is 2. The number of carbonyl (C=O) groups is 3. The molecular weight excluding hydrogens is 336 g/mol. The molecule has 0 aliphatic carbocycles. The lowest BCUT2D eigenvalue weighted by molar-refractivity contribution is -0.131. The van der Waals surface area contributed by atoms with Crippen molar-refractivity contribution in [3.63, 3.8) is 0 Å². The van der Waals surface area contributed by atoms with Gasteiger partial charge in [0, 0.05) is 31.1 Å². The summed E-state index contributed by atoms with van der Waals surface area (Å²) in [5, 5.41) is 5.41. The van der Waals surface area contributed by atoms with E-state index < -0.39 is 5.97 Å². The van der Waals surface area contributed by atoms with Crippen LogP contribution in [-0.4, -0.2) is 38.0 Å². The van der Waals surface area contributed by atoms with Crippen LogP contribution in [-0.2, 0) is 4.79 Å². The highest BCUT2D eigenvalue weighted by atomic mass is 16.5. The Morgan fingerprint density at radius 3 is 1.85 bits per heavy atom. The number of hydrogen-bond acceptors (Lipinski definition) is 5. The van der Waals surface area contributed by atoms with E-state index in [1.54, 1.807) is 42.5 Å². The zero-order valence-corrected chi connectivity index (χ0v) is 14.6. The molecule has 0 heterocycles. The van der Waals surface area contributed by atoms with Crippen molar-refractivity contribution in [1.29, 1.82) is 0 Å². The van der Waals surface area contributed by atoms with E-state index in [4.69, 9.17) is 9.47 Å². The number of benzene rings is 2. The summed E-state index contributed by atoms with van der Waals surface area (Å²) in [4.78, 5) is 35.1. The molecule has 0 saturated carbocycles. The predicted octanol–water partition coefficient (Wildman–Crippen LogP) is 1.78. The number of amides is 2. The Morgan fingerprint density at radius 1 is 0.846 bits per heavy atom. The predicted molar refractivity (Wildman–Crippen MR) is 95.4 cm³/mol. The summed E-state index contributed by atoms with van der Waals surface area (Å²) in [6.07, 6.45) is 0. The highest BCUT2D eigenvalue weighted by Gasteiger charge is 2.09. The highest BCUT2D eigenvalue weighted by molar-refractivity contribution is 5.95. The van der Waals surface area contributed by atoms with Crippen LogP contribution in [0.1, 0.15) is 27.6 Å². The number of rotatable bonds is 7. The molecule has 0 saturated heterocycles.